The number of aromatic amines is 1. The molecule has 0 aliphatic carbocycles. The van der Waals surface area contributed by atoms with E-state index in [1.807, 2.05) is 12.3 Å². The van der Waals surface area contributed by atoms with E-state index in [2.05, 4.69) is 15.2 Å². The van der Waals surface area contributed by atoms with Crippen molar-refractivity contribution in [2.75, 3.05) is 5.73 Å². The van der Waals surface area contributed by atoms with E-state index < -0.39 is 5.82 Å². The molecule has 0 amide bonds. The molecule has 0 spiro atoms. The topological polar surface area (TPSA) is 67.6 Å². The lowest BCUT2D eigenvalue weighted by atomic mass is 10.0. The molecule has 0 aliphatic heterocycles. The number of thiazole rings is 1. The second kappa shape index (κ2) is 4.88. The van der Waals surface area contributed by atoms with Crippen LogP contribution in [0.2, 0.25) is 5.02 Å². The van der Waals surface area contributed by atoms with Crippen LogP contribution in [-0.2, 0) is 0 Å². The van der Waals surface area contributed by atoms with Crippen molar-refractivity contribution in [3.8, 4) is 22.5 Å². The van der Waals surface area contributed by atoms with Crippen molar-refractivity contribution in [2.24, 2.45) is 0 Å². The number of aromatic nitrogens is 3. The fraction of sp³-hybridized carbons (Fsp3) is 0.0769. The number of nitrogen functional groups attached to an aromatic ring is 1. The zero-order chi connectivity index (χ0) is 14.3. The van der Waals surface area contributed by atoms with Crippen LogP contribution in [0.25, 0.3) is 22.5 Å². The van der Waals surface area contributed by atoms with Crippen molar-refractivity contribution in [1.29, 1.82) is 0 Å². The van der Waals surface area contributed by atoms with E-state index in [-0.39, 0.29) is 5.02 Å². The molecule has 102 valence electrons. The number of benzene rings is 1. The predicted molar refractivity (Wildman–Crippen MR) is 79.2 cm³/mol. The van der Waals surface area contributed by atoms with Gasteiger partial charge < -0.3 is 5.73 Å². The van der Waals surface area contributed by atoms with Crippen molar-refractivity contribution in [2.45, 2.75) is 6.92 Å². The molecule has 0 bridgehead atoms. The third-order valence-corrected chi connectivity index (χ3v) is 3.96. The molecule has 7 heteroatoms. The quantitative estimate of drug-likeness (QED) is 0.755. The molecule has 0 aliphatic rings. The summed E-state index contributed by atoms with van der Waals surface area (Å²) in [5.74, 6) is -0.0916. The largest absolute Gasteiger partial charge is 0.382 e. The number of halogens is 2. The number of nitrogens with zero attached hydrogens (tertiary/aromatic N) is 2. The van der Waals surface area contributed by atoms with Crippen molar-refractivity contribution in [1.82, 2.24) is 15.2 Å². The Kier molecular flexibility index (Phi) is 3.19. The summed E-state index contributed by atoms with van der Waals surface area (Å²) in [6.07, 6.45) is 0. The van der Waals surface area contributed by atoms with Crippen LogP contribution < -0.4 is 5.73 Å². The average Bonchev–Trinajstić information content (AvgIpc) is 2.96. The van der Waals surface area contributed by atoms with E-state index >= 15 is 0 Å². The molecular formula is C13H10ClFN4S. The summed E-state index contributed by atoms with van der Waals surface area (Å²) in [4.78, 5) is 4.40. The van der Waals surface area contributed by atoms with Gasteiger partial charge in [-0.3, -0.25) is 5.10 Å². The van der Waals surface area contributed by atoms with Crippen LogP contribution in [0.15, 0.2) is 23.6 Å². The van der Waals surface area contributed by atoms with Crippen molar-refractivity contribution in [3.05, 3.63) is 39.4 Å². The van der Waals surface area contributed by atoms with E-state index in [9.17, 15) is 4.39 Å². The fourth-order valence-corrected chi connectivity index (χ4v) is 2.85. The Bertz CT molecular complexity index is 781. The second-order valence-corrected chi connectivity index (χ2v) is 5.70. The zero-order valence-corrected chi connectivity index (χ0v) is 12.0. The molecule has 2 heterocycles. The Morgan fingerprint density at radius 2 is 2.20 bits per heavy atom. The molecule has 0 saturated heterocycles. The molecule has 2 aromatic heterocycles. The predicted octanol–water partition coefficient (Wildman–Crippen LogP) is 3.88. The Hall–Kier alpha value is -1.92. The lowest BCUT2D eigenvalue weighted by Gasteiger charge is -2.05. The molecule has 0 fully saturated rings. The van der Waals surface area contributed by atoms with Gasteiger partial charge in [-0.05, 0) is 25.1 Å². The van der Waals surface area contributed by atoms with E-state index in [1.165, 1.54) is 23.5 Å². The number of nitrogens with two attached hydrogens (primary N) is 1. The summed E-state index contributed by atoms with van der Waals surface area (Å²) in [5.41, 5.74) is 8.59. The second-order valence-electron chi connectivity index (χ2n) is 4.23. The number of nitrogens with one attached hydrogen (secondary N) is 1. The number of aryl methyl sites for hydroxylation is 1. The first-order chi connectivity index (χ1) is 9.56. The van der Waals surface area contributed by atoms with Gasteiger partial charge in [0.2, 0.25) is 0 Å². The Morgan fingerprint density at radius 1 is 1.40 bits per heavy atom. The monoisotopic (exact) mass is 308 g/mol. The number of anilines is 1. The van der Waals surface area contributed by atoms with Gasteiger partial charge in [0, 0.05) is 10.9 Å². The molecule has 4 nitrogen and oxygen atoms in total. The van der Waals surface area contributed by atoms with Gasteiger partial charge in [-0.25, -0.2) is 9.37 Å². The van der Waals surface area contributed by atoms with Crippen molar-refractivity contribution in [3.63, 3.8) is 0 Å². The maximum atomic E-state index is 13.2. The highest BCUT2D eigenvalue weighted by atomic mass is 35.5. The first kappa shape index (κ1) is 13.1. The molecule has 3 N–H and O–H groups in total. The van der Waals surface area contributed by atoms with Gasteiger partial charge in [0.15, 0.2) is 5.82 Å². The minimum atomic E-state index is -0.396. The average molecular weight is 309 g/mol. The number of hydrogen-bond donors (Lipinski definition) is 2. The third-order valence-electron chi connectivity index (χ3n) is 2.87. The maximum Gasteiger partial charge on any atom is 0.153 e. The fourth-order valence-electron chi connectivity index (χ4n) is 1.98. The molecule has 0 radical (unpaired) electrons. The van der Waals surface area contributed by atoms with Gasteiger partial charge in [0.1, 0.15) is 5.82 Å². The molecule has 0 unspecified atom stereocenters. The first-order valence-electron chi connectivity index (χ1n) is 5.78. The smallest absolute Gasteiger partial charge is 0.153 e. The van der Waals surface area contributed by atoms with Gasteiger partial charge in [0.25, 0.3) is 0 Å². The summed E-state index contributed by atoms with van der Waals surface area (Å²) in [5, 5.41) is 9.99. The molecule has 0 saturated carbocycles. The van der Waals surface area contributed by atoms with Gasteiger partial charge >= 0.3 is 0 Å². The Balaban J connectivity index is 2.21. The summed E-state index contributed by atoms with van der Waals surface area (Å²) >= 11 is 7.63. The molecule has 3 aromatic rings. The minimum Gasteiger partial charge on any atom is -0.382 e. The molecule has 3 rings (SSSR count). The lowest BCUT2D eigenvalue weighted by Crippen LogP contribution is -1.90. The third kappa shape index (κ3) is 2.17. The van der Waals surface area contributed by atoms with Crippen LogP contribution in [0.4, 0.5) is 10.2 Å². The molecular weight excluding hydrogens is 299 g/mol. The highest BCUT2D eigenvalue weighted by Crippen LogP contribution is 2.38. The van der Waals surface area contributed by atoms with Crippen molar-refractivity contribution >= 4 is 28.8 Å². The van der Waals surface area contributed by atoms with Crippen LogP contribution in [0.3, 0.4) is 0 Å². The van der Waals surface area contributed by atoms with Crippen LogP contribution in [-0.4, -0.2) is 15.2 Å². The van der Waals surface area contributed by atoms with Gasteiger partial charge in [-0.1, -0.05) is 11.6 Å². The SMILES string of the molecule is Cc1nc(-c2[nH]nc(N)c2-c2ccc(F)cc2Cl)cs1. The molecule has 20 heavy (non-hydrogen) atoms. The van der Waals surface area contributed by atoms with E-state index in [0.29, 0.717) is 22.6 Å². The van der Waals surface area contributed by atoms with Crippen LogP contribution in [0.1, 0.15) is 5.01 Å². The number of rotatable bonds is 2. The number of hydrogen-bond acceptors (Lipinski definition) is 4. The van der Waals surface area contributed by atoms with Gasteiger partial charge in [-0.15, -0.1) is 11.3 Å². The zero-order valence-electron chi connectivity index (χ0n) is 10.4. The Morgan fingerprint density at radius 3 is 2.85 bits per heavy atom. The van der Waals surface area contributed by atoms with Gasteiger partial charge in [0.05, 0.1) is 27.0 Å². The van der Waals surface area contributed by atoms with Crippen molar-refractivity contribution < 1.29 is 4.39 Å². The standard InChI is InChI=1S/C13H10ClFN4S/c1-6-17-10(5-20-6)12-11(13(16)19-18-12)8-3-2-7(15)4-9(8)14/h2-5H,1H3,(H3,16,18,19). The summed E-state index contributed by atoms with van der Waals surface area (Å²) < 4.78 is 13.2. The van der Waals surface area contributed by atoms with E-state index in [1.54, 1.807) is 6.07 Å². The molecule has 1 aromatic carbocycles. The van der Waals surface area contributed by atoms with E-state index in [0.717, 1.165) is 10.7 Å². The summed E-state index contributed by atoms with van der Waals surface area (Å²) in [6, 6.07) is 4.17. The Labute approximate surface area is 123 Å². The van der Waals surface area contributed by atoms with Crippen LogP contribution in [0, 0.1) is 12.7 Å². The highest BCUT2D eigenvalue weighted by molar-refractivity contribution is 7.09. The molecule has 0 atom stereocenters. The van der Waals surface area contributed by atoms with Crippen LogP contribution in [0.5, 0.6) is 0 Å². The van der Waals surface area contributed by atoms with Gasteiger partial charge in [-0.2, -0.15) is 5.10 Å². The summed E-state index contributed by atoms with van der Waals surface area (Å²) in [7, 11) is 0. The minimum absolute atomic E-state index is 0.284. The van der Waals surface area contributed by atoms with E-state index in [4.69, 9.17) is 17.3 Å². The first-order valence-corrected chi connectivity index (χ1v) is 7.04. The normalized spacial score (nSPS) is 10.9. The maximum absolute atomic E-state index is 13.2. The lowest BCUT2D eigenvalue weighted by molar-refractivity contribution is 0.628. The highest BCUT2D eigenvalue weighted by Gasteiger charge is 2.19. The number of H-pyrrole nitrogens is 1. The summed E-state index contributed by atoms with van der Waals surface area (Å²) in [6.45, 7) is 1.92. The van der Waals surface area contributed by atoms with Crippen LogP contribution >= 0.6 is 22.9 Å².